The summed E-state index contributed by atoms with van der Waals surface area (Å²) in [5, 5.41) is 9.57. The number of hydrogen-bond acceptors (Lipinski definition) is 3. The number of ketones is 1. The molecule has 0 radical (unpaired) electrons. The summed E-state index contributed by atoms with van der Waals surface area (Å²) in [7, 11) is 0. The van der Waals surface area contributed by atoms with E-state index in [0.717, 1.165) is 29.7 Å². The number of Topliss-reactive ketones (excluding diaryl/α,β-unsaturated/α-hetero) is 1. The van der Waals surface area contributed by atoms with Gasteiger partial charge < -0.3 is 10.1 Å². The third-order valence-electron chi connectivity index (χ3n) is 5.77. The molecule has 0 spiro atoms. The van der Waals surface area contributed by atoms with Gasteiger partial charge in [-0.3, -0.25) is 4.79 Å². The van der Waals surface area contributed by atoms with E-state index in [1.54, 1.807) is 18.2 Å². The maximum absolute atomic E-state index is 12.6. The molecule has 2 N–H and O–H groups in total. The zero-order chi connectivity index (χ0) is 14.1. The Morgan fingerprint density at radius 1 is 1.40 bits per heavy atom. The fraction of sp³-hybridized carbons (Fsp3) is 0.500. The van der Waals surface area contributed by atoms with E-state index in [0.29, 0.717) is 18.1 Å². The minimum Gasteiger partial charge on any atom is -0.508 e. The normalized spacial score (nSPS) is 31.3. The topological polar surface area (TPSA) is 66.0 Å². The van der Waals surface area contributed by atoms with E-state index in [1.807, 2.05) is 0 Å². The van der Waals surface area contributed by atoms with E-state index in [4.69, 9.17) is 0 Å². The lowest BCUT2D eigenvalue weighted by molar-refractivity contribution is -0.124. The quantitative estimate of drug-likeness (QED) is 0.837. The number of hydrogen-bond donors (Lipinski definition) is 2. The molecule has 2 fully saturated rings. The maximum Gasteiger partial charge on any atom is 0.147 e. The zero-order valence-electron chi connectivity index (χ0n) is 11.7. The number of phenols is 1. The molecule has 2 saturated carbocycles. The summed E-state index contributed by atoms with van der Waals surface area (Å²) in [6.45, 7) is 4.39. The van der Waals surface area contributed by atoms with Gasteiger partial charge in [0.2, 0.25) is 0 Å². The Hall–Kier alpha value is -1.84. The van der Waals surface area contributed by atoms with E-state index in [-0.39, 0.29) is 11.2 Å². The molecule has 2 unspecified atom stereocenters. The summed E-state index contributed by atoms with van der Waals surface area (Å²) in [4.78, 5) is 20.6. The lowest BCUT2D eigenvalue weighted by Crippen LogP contribution is -2.41. The van der Waals surface area contributed by atoms with Crippen molar-refractivity contribution in [2.24, 2.45) is 11.3 Å². The number of imidazole rings is 1. The van der Waals surface area contributed by atoms with E-state index in [1.165, 1.54) is 0 Å². The summed E-state index contributed by atoms with van der Waals surface area (Å²) in [6, 6.07) is 5.09. The molecular weight excluding hydrogens is 252 g/mol. The van der Waals surface area contributed by atoms with Gasteiger partial charge in [-0.15, -0.1) is 0 Å². The van der Waals surface area contributed by atoms with Crippen LogP contribution in [0.5, 0.6) is 5.75 Å². The Morgan fingerprint density at radius 3 is 2.85 bits per heavy atom. The van der Waals surface area contributed by atoms with Crippen LogP contribution in [0.25, 0.3) is 11.0 Å². The van der Waals surface area contributed by atoms with Crippen LogP contribution in [0, 0.1) is 11.3 Å². The summed E-state index contributed by atoms with van der Waals surface area (Å²) in [5.74, 6) is 1.79. The number of benzene rings is 1. The van der Waals surface area contributed by atoms with Crippen molar-refractivity contribution in [1.29, 1.82) is 0 Å². The molecule has 0 saturated heterocycles. The molecule has 2 atom stereocenters. The van der Waals surface area contributed by atoms with Crippen molar-refractivity contribution < 1.29 is 9.90 Å². The average Bonchev–Trinajstić information content (AvgIpc) is 2.96. The third-order valence-corrected chi connectivity index (χ3v) is 5.77. The SMILES string of the molecule is CC1(C)C2CCC1(c1nc3ccc(O)cc3[nH]1)C(=O)C2. The molecule has 20 heavy (non-hydrogen) atoms. The van der Waals surface area contributed by atoms with Crippen LogP contribution in [0.1, 0.15) is 38.9 Å². The first kappa shape index (κ1) is 11.9. The van der Waals surface area contributed by atoms with E-state index < -0.39 is 5.41 Å². The predicted molar refractivity (Wildman–Crippen MR) is 75.6 cm³/mol. The number of fused-ring (bicyclic) bond motifs is 3. The summed E-state index contributed by atoms with van der Waals surface area (Å²) >= 11 is 0. The van der Waals surface area contributed by atoms with Gasteiger partial charge in [0.05, 0.1) is 16.4 Å². The highest BCUT2D eigenvalue weighted by Gasteiger charge is 2.66. The maximum atomic E-state index is 12.6. The number of H-pyrrole nitrogens is 1. The molecule has 1 heterocycles. The van der Waals surface area contributed by atoms with Crippen LogP contribution in [-0.2, 0) is 10.2 Å². The second-order valence-corrected chi connectivity index (χ2v) is 6.78. The molecule has 1 aromatic heterocycles. The minimum absolute atomic E-state index is 0.0417. The minimum atomic E-state index is -0.466. The van der Waals surface area contributed by atoms with Crippen LogP contribution in [0.2, 0.25) is 0 Å². The predicted octanol–water partition coefficient (Wildman–Crippen LogP) is 2.92. The molecule has 4 heteroatoms. The van der Waals surface area contributed by atoms with Crippen LogP contribution in [-0.4, -0.2) is 20.9 Å². The number of aromatic nitrogens is 2. The molecule has 104 valence electrons. The van der Waals surface area contributed by atoms with E-state index in [2.05, 4.69) is 23.8 Å². The molecule has 1 aromatic carbocycles. The van der Waals surface area contributed by atoms with Gasteiger partial charge in [-0.2, -0.15) is 0 Å². The number of nitrogens with zero attached hydrogens (tertiary/aromatic N) is 1. The summed E-state index contributed by atoms with van der Waals surface area (Å²) in [6.07, 6.45) is 2.66. The molecule has 2 bridgehead atoms. The van der Waals surface area contributed by atoms with Crippen molar-refractivity contribution in [2.45, 2.75) is 38.5 Å². The van der Waals surface area contributed by atoms with Gasteiger partial charge in [0, 0.05) is 12.5 Å². The number of rotatable bonds is 1. The van der Waals surface area contributed by atoms with Gasteiger partial charge in [-0.1, -0.05) is 13.8 Å². The average molecular weight is 270 g/mol. The summed E-state index contributed by atoms with van der Waals surface area (Å²) < 4.78 is 0. The Labute approximate surface area is 117 Å². The number of nitrogens with one attached hydrogen (secondary N) is 1. The smallest absolute Gasteiger partial charge is 0.147 e. The monoisotopic (exact) mass is 270 g/mol. The van der Waals surface area contributed by atoms with Crippen LogP contribution < -0.4 is 0 Å². The Balaban J connectivity index is 1.95. The van der Waals surface area contributed by atoms with Gasteiger partial charge in [-0.25, -0.2) is 4.98 Å². The Kier molecular flexibility index (Phi) is 2.05. The van der Waals surface area contributed by atoms with Gasteiger partial charge in [0.1, 0.15) is 17.4 Å². The molecule has 4 rings (SSSR count). The van der Waals surface area contributed by atoms with Crippen LogP contribution >= 0.6 is 0 Å². The third kappa shape index (κ3) is 1.18. The number of aromatic hydroxyl groups is 1. The first-order valence-corrected chi connectivity index (χ1v) is 7.18. The first-order valence-electron chi connectivity index (χ1n) is 7.18. The molecular formula is C16H18N2O2. The number of carbonyl (C=O) groups is 1. The molecule has 0 aliphatic heterocycles. The fourth-order valence-corrected chi connectivity index (χ4v) is 4.43. The molecule has 2 aromatic rings. The molecule has 0 amide bonds. The number of carbonyl (C=O) groups excluding carboxylic acids is 1. The van der Waals surface area contributed by atoms with Crippen molar-refractivity contribution >= 4 is 16.8 Å². The largest absolute Gasteiger partial charge is 0.508 e. The van der Waals surface area contributed by atoms with Gasteiger partial charge >= 0.3 is 0 Å². The van der Waals surface area contributed by atoms with Crippen molar-refractivity contribution in [3.05, 3.63) is 24.0 Å². The van der Waals surface area contributed by atoms with Crippen molar-refractivity contribution in [3.8, 4) is 5.75 Å². The highest BCUT2D eigenvalue weighted by atomic mass is 16.3. The molecule has 4 nitrogen and oxygen atoms in total. The van der Waals surface area contributed by atoms with E-state index in [9.17, 15) is 9.90 Å². The Morgan fingerprint density at radius 2 is 2.20 bits per heavy atom. The lowest BCUT2D eigenvalue weighted by atomic mass is 9.68. The molecule has 2 aliphatic carbocycles. The van der Waals surface area contributed by atoms with Gasteiger partial charge in [-0.05, 0) is 36.3 Å². The highest BCUT2D eigenvalue weighted by Crippen LogP contribution is 2.64. The number of aromatic amines is 1. The standard InChI is InChI=1S/C16H18N2O2/c1-15(2)9-5-6-16(15,13(20)7-9)14-17-11-4-3-10(19)8-12(11)18-14/h3-4,8-9,19H,5-7H2,1-2H3,(H,17,18). The van der Waals surface area contributed by atoms with Crippen molar-refractivity contribution in [2.75, 3.05) is 0 Å². The highest BCUT2D eigenvalue weighted by molar-refractivity contribution is 5.95. The number of phenolic OH excluding ortho intramolecular Hbond substituents is 1. The van der Waals surface area contributed by atoms with Crippen molar-refractivity contribution in [3.63, 3.8) is 0 Å². The Bertz CT molecular complexity index is 731. The van der Waals surface area contributed by atoms with Crippen LogP contribution in [0.4, 0.5) is 0 Å². The lowest BCUT2D eigenvalue weighted by Gasteiger charge is -2.34. The van der Waals surface area contributed by atoms with Crippen molar-refractivity contribution in [1.82, 2.24) is 9.97 Å². The van der Waals surface area contributed by atoms with E-state index >= 15 is 0 Å². The molecule has 2 aliphatic rings. The zero-order valence-corrected chi connectivity index (χ0v) is 11.7. The van der Waals surface area contributed by atoms with Gasteiger partial charge in [0.15, 0.2) is 0 Å². The van der Waals surface area contributed by atoms with Crippen LogP contribution in [0.3, 0.4) is 0 Å². The second-order valence-electron chi connectivity index (χ2n) is 6.78. The summed E-state index contributed by atoms with van der Waals surface area (Å²) in [5.41, 5.74) is 1.10. The van der Waals surface area contributed by atoms with Gasteiger partial charge in [0.25, 0.3) is 0 Å². The second kappa shape index (κ2) is 3.43. The fourth-order valence-electron chi connectivity index (χ4n) is 4.43. The first-order chi connectivity index (χ1) is 9.45. The van der Waals surface area contributed by atoms with Crippen LogP contribution in [0.15, 0.2) is 18.2 Å².